The Hall–Kier alpha value is -1.92. The number of thioether (sulfide) groups is 1. The van der Waals surface area contributed by atoms with Crippen molar-refractivity contribution in [1.82, 2.24) is 9.97 Å². The molecule has 0 radical (unpaired) electrons. The van der Waals surface area contributed by atoms with E-state index in [0.29, 0.717) is 5.75 Å². The van der Waals surface area contributed by atoms with Crippen molar-refractivity contribution < 1.29 is 4.79 Å². The van der Waals surface area contributed by atoms with Crippen LogP contribution >= 0.6 is 23.1 Å². The number of carbonyl (C=O) groups is 1. The maximum Gasteiger partial charge on any atom is 0.237 e. The molecule has 4 rings (SSSR count). The van der Waals surface area contributed by atoms with E-state index in [9.17, 15) is 4.79 Å². The van der Waals surface area contributed by atoms with Crippen LogP contribution in [0.2, 0.25) is 0 Å². The zero-order valence-corrected chi connectivity index (χ0v) is 18.6. The molecule has 0 aliphatic carbocycles. The minimum Gasteiger partial charge on any atom is -0.308 e. The van der Waals surface area contributed by atoms with Crippen LogP contribution in [0.4, 0.5) is 5.69 Å². The molecule has 0 N–H and O–H groups in total. The number of aromatic nitrogens is 2. The lowest BCUT2D eigenvalue weighted by Gasteiger charge is -2.22. The standard InChI is InChI=1S/C22H25N3OS2/c1-12(2)20-23-21(19-14(4)15(5)28-22(19)24-20)27-11-18(26)25-13(3)10-16-8-6-7-9-17(16)25/h6-9,12-13H,10-11H2,1-5H3/t13-/m1/s1. The number of carbonyl (C=O) groups excluding carboxylic acids is 1. The third kappa shape index (κ3) is 3.33. The molecule has 0 saturated heterocycles. The first-order valence-corrected chi connectivity index (χ1v) is 11.5. The summed E-state index contributed by atoms with van der Waals surface area (Å²) in [6.45, 7) is 10.6. The first-order valence-electron chi connectivity index (χ1n) is 9.67. The molecule has 6 heteroatoms. The van der Waals surface area contributed by atoms with Crippen molar-refractivity contribution in [3.63, 3.8) is 0 Å². The zero-order chi connectivity index (χ0) is 20.0. The fourth-order valence-electron chi connectivity index (χ4n) is 3.74. The molecule has 1 aliphatic heterocycles. The van der Waals surface area contributed by atoms with Crippen molar-refractivity contribution in [3.8, 4) is 0 Å². The number of thiophene rings is 1. The second kappa shape index (κ2) is 7.48. The van der Waals surface area contributed by atoms with Crippen LogP contribution in [0.25, 0.3) is 10.2 Å². The Balaban J connectivity index is 1.63. The average molecular weight is 412 g/mol. The van der Waals surface area contributed by atoms with E-state index in [1.54, 1.807) is 23.1 Å². The minimum atomic E-state index is 0.143. The maximum absolute atomic E-state index is 13.1. The van der Waals surface area contributed by atoms with Crippen LogP contribution in [-0.2, 0) is 11.2 Å². The summed E-state index contributed by atoms with van der Waals surface area (Å²) in [5, 5.41) is 2.05. The van der Waals surface area contributed by atoms with Gasteiger partial charge in [0.15, 0.2) is 0 Å². The third-order valence-electron chi connectivity index (χ3n) is 5.34. The van der Waals surface area contributed by atoms with Crippen LogP contribution in [0.1, 0.15) is 48.5 Å². The van der Waals surface area contributed by atoms with Gasteiger partial charge < -0.3 is 4.90 Å². The summed E-state index contributed by atoms with van der Waals surface area (Å²) < 4.78 is 0. The molecular weight excluding hydrogens is 386 g/mol. The molecule has 0 saturated carbocycles. The summed E-state index contributed by atoms with van der Waals surface area (Å²) in [5.41, 5.74) is 3.54. The van der Waals surface area contributed by atoms with Gasteiger partial charge in [-0.25, -0.2) is 9.97 Å². The smallest absolute Gasteiger partial charge is 0.237 e. The van der Waals surface area contributed by atoms with Crippen LogP contribution in [0.15, 0.2) is 29.3 Å². The largest absolute Gasteiger partial charge is 0.308 e. The SMILES string of the molecule is Cc1sc2nc(C(C)C)nc(SCC(=O)N3c4ccccc4C[C@H]3C)c2c1C. The van der Waals surface area contributed by atoms with Crippen LogP contribution in [0, 0.1) is 13.8 Å². The molecule has 1 aliphatic rings. The molecule has 0 spiro atoms. The van der Waals surface area contributed by atoms with Gasteiger partial charge in [0.1, 0.15) is 15.7 Å². The Labute approximate surface area is 174 Å². The first-order chi connectivity index (χ1) is 13.4. The van der Waals surface area contributed by atoms with E-state index in [1.807, 2.05) is 23.1 Å². The normalized spacial score (nSPS) is 16.2. The van der Waals surface area contributed by atoms with Gasteiger partial charge in [-0.2, -0.15) is 0 Å². The van der Waals surface area contributed by atoms with Gasteiger partial charge in [-0.1, -0.05) is 43.8 Å². The highest BCUT2D eigenvalue weighted by atomic mass is 32.2. The maximum atomic E-state index is 13.1. The minimum absolute atomic E-state index is 0.143. The van der Waals surface area contributed by atoms with E-state index in [-0.39, 0.29) is 17.9 Å². The molecule has 146 valence electrons. The molecule has 3 aromatic rings. The highest BCUT2D eigenvalue weighted by molar-refractivity contribution is 8.00. The second-order valence-electron chi connectivity index (χ2n) is 7.74. The second-order valence-corrected chi connectivity index (χ2v) is 9.91. The van der Waals surface area contributed by atoms with Gasteiger partial charge in [-0.3, -0.25) is 4.79 Å². The average Bonchev–Trinajstić information content (AvgIpc) is 3.15. The van der Waals surface area contributed by atoms with Crippen molar-refractivity contribution in [3.05, 3.63) is 46.1 Å². The molecule has 0 unspecified atom stereocenters. The van der Waals surface area contributed by atoms with E-state index in [1.165, 1.54) is 16.0 Å². The Kier molecular flexibility index (Phi) is 5.19. The van der Waals surface area contributed by atoms with Gasteiger partial charge in [0, 0.05) is 27.9 Å². The molecule has 2 aromatic heterocycles. The fraction of sp³-hybridized carbons (Fsp3) is 0.409. The van der Waals surface area contributed by atoms with Crippen molar-refractivity contribution >= 4 is 44.9 Å². The van der Waals surface area contributed by atoms with Crippen molar-refractivity contribution in [1.29, 1.82) is 0 Å². The quantitative estimate of drug-likeness (QED) is 0.420. The Morgan fingerprint density at radius 1 is 1.29 bits per heavy atom. The van der Waals surface area contributed by atoms with Gasteiger partial charge >= 0.3 is 0 Å². The van der Waals surface area contributed by atoms with Crippen molar-refractivity contribution in [2.24, 2.45) is 0 Å². The Morgan fingerprint density at radius 2 is 2.04 bits per heavy atom. The monoisotopic (exact) mass is 411 g/mol. The van der Waals surface area contributed by atoms with Gasteiger partial charge in [0.25, 0.3) is 0 Å². The highest BCUT2D eigenvalue weighted by Crippen LogP contribution is 2.37. The number of fused-ring (bicyclic) bond motifs is 2. The van der Waals surface area contributed by atoms with Gasteiger partial charge in [-0.15, -0.1) is 11.3 Å². The molecular formula is C22H25N3OS2. The predicted molar refractivity (Wildman–Crippen MR) is 119 cm³/mol. The molecule has 3 heterocycles. The van der Waals surface area contributed by atoms with E-state index in [4.69, 9.17) is 9.97 Å². The number of anilines is 1. The Bertz CT molecular complexity index is 1060. The summed E-state index contributed by atoms with van der Waals surface area (Å²) in [5.74, 6) is 1.64. The fourth-order valence-corrected chi connectivity index (χ4v) is 5.79. The number of hydrogen-bond acceptors (Lipinski definition) is 5. The van der Waals surface area contributed by atoms with Gasteiger partial charge in [0.05, 0.1) is 5.75 Å². The molecule has 1 atom stereocenters. The van der Waals surface area contributed by atoms with Gasteiger partial charge in [0.2, 0.25) is 5.91 Å². The lowest BCUT2D eigenvalue weighted by atomic mass is 10.1. The Morgan fingerprint density at radius 3 is 2.79 bits per heavy atom. The van der Waals surface area contributed by atoms with Crippen LogP contribution in [0.3, 0.4) is 0 Å². The molecule has 0 fully saturated rings. The van der Waals surface area contributed by atoms with E-state index < -0.39 is 0 Å². The number of para-hydroxylation sites is 1. The van der Waals surface area contributed by atoms with Crippen LogP contribution in [-0.4, -0.2) is 27.7 Å². The number of amides is 1. The topological polar surface area (TPSA) is 46.1 Å². The van der Waals surface area contributed by atoms with E-state index in [2.05, 4.69) is 40.7 Å². The molecule has 1 aromatic carbocycles. The third-order valence-corrected chi connectivity index (χ3v) is 7.40. The summed E-state index contributed by atoms with van der Waals surface area (Å²) in [7, 11) is 0. The molecule has 28 heavy (non-hydrogen) atoms. The van der Waals surface area contributed by atoms with Crippen molar-refractivity contribution in [2.45, 2.75) is 58.0 Å². The lowest BCUT2D eigenvalue weighted by Crippen LogP contribution is -2.37. The number of aryl methyl sites for hydroxylation is 2. The number of hydrogen-bond donors (Lipinski definition) is 0. The van der Waals surface area contributed by atoms with Crippen LogP contribution < -0.4 is 4.90 Å². The van der Waals surface area contributed by atoms with Crippen molar-refractivity contribution in [2.75, 3.05) is 10.7 Å². The summed E-state index contributed by atoms with van der Waals surface area (Å²) in [6.07, 6.45) is 0.921. The highest BCUT2D eigenvalue weighted by Gasteiger charge is 2.30. The van der Waals surface area contributed by atoms with E-state index >= 15 is 0 Å². The summed E-state index contributed by atoms with van der Waals surface area (Å²) >= 11 is 3.26. The first kappa shape index (κ1) is 19.4. The van der Waals surface area contributed by atoms with Crippen LogP contribution in [0.5, 0.6) is 0 Å². The van der Waals surface area contributed by atoms with E-state index in [0.717, 1.165) is 33.2 Å². The summed E-state index contributed by atoms with van der Waals surface area (Å²) in [6, 6.07) is 8.42. The van der Waals surface area contributed by atoms with Gasteiger partial charge in [-0.05, 0) is 44.4 Å². The number of nitrogens with zero attached hydrogens (tertiary/aromatic N) is 3. The molecule has 1 amide bonds. The molecule has 4 nitrogen and oxygen atoms in total. The predicted octanol–water partition coefficient (Wildman–Crippen LogP) is 5.50. The number of rotatable bonds is 4. The summed E-state index contributed by atoms with van der Waals surface area (Å²) in [4.78, 5) is 26.9. The zero-order valence-electron chi connectivity index (χ0n) is 16.9. The molecule has 0 bridgehead atoms. The number of benzene rings is 1. The lowest BCUT2D eigenvalue weighted by molar-refractivity contribution is -0.116.